The third-order valence-electron chi connectivity index (χ3n) is 3.77. The lowest BCUT2D eigenvalue weighted by molar-refractivity contribution is 0.399. The van der Waals surface area contributed by atoms with Gasteiger partial charge in [-0.15, -0.1) is 0 Å². The highest BCUT2D eigenvalue weighted by Crippen LogP contribution is 2.25. The number of rotatable bonds is 5. The number of halogens is 1. The van der Waals surface area contributed by atoms with Crippen LogP contribution in [-0.2, 0) is 20.6 Å². The van der Waals surface area contributed by atoms with Crippen LogP contribution in [0.3, 0.4) is 0 Å². The molecule has 0 saturated carbocycles. The van der Waals surface area contributed by atoms with Crippen molar-refractivity contribution in [3.05, 3.63) is 62.2 Å². The number of ether oxygens (including phenoxy) is 1. The summed E-state index contributed by atoms with van der Waals surface area (Å²) in [6.07, 6.45) is 1.51. The summed E-state index contributed by atoms with van der Waals surface area (Å²) in [5.41, 5.74) is 0.392. The maximum absolute atomic E-state index is 13.4. The third kappa shape index (κ3) is 3.50. The molecule has 124 valence electrons. The Morgan fingerprint density at radius 2 is 2.00 bits per heavy atom. The van der Waals surface area contributed by atoms with Crippen LogP contribution in [0.2, 0.25) is 0 Å². The predicted molar refractivity (Wildman–Crippen MR) is 85.1 cm³/mol. The molecule has 0 radical (unpaired) electrons. The van der Waals surface area contributed by atoms with Crippen molar-refractivity contribution >= 4 is 0 Å². The Labute approximate surface area is 133 Å². The van der Waals surface area contributed by atoms with E-state index in [1.807, 2.05) is 6.92 Å². The number of hydrogen-bond donors (Lipinski definition) is 1. The molecule has 0 aliphatic heterocycles. The van der Waals surface area contributed by atoms with Gasteiger partial charge in [0.25, 0.3) is 5.56 Å². The number of aromatic nitrogens is 2. The third-order valence-corrected chi connectivity index (χ3v) is 3.77. The van der Waals surface area contributed by atoms with Crippen LogP contribution in [0.15, 0.2) is 34.0 Å². The first-order valence-corrected chi connectivity index (χ1v) is 7.17. The second-order valence-electron chi connectivity index (χ2n) is 5.40. The van der Waals surface area contributed by atoms with Gasteiger partial charge < -0.3 is 14.6 Å². The van der Waals surface area contributed by atoms with Crippen molar-refractivity contribution in [3.8, 4) is 5.75 Å². The number of nitrogens with one attached hydrogen (secondary N) is 1. The molecular weight excluding hydrogens is 301 g/mol. The van der Waals surface area contributed by atoms with E-state index < -0.39 is 0 Å². The average molecular weight is 321 g/mol. The molecule has 1 unspecified atom stereocenters. The van der Waals surface area contributed by atoms with Gasteiger partial charge >= 0.3 is 5.69 Å². The molecule has 23 heavy (non-hydrogen) atoms. The van der Waals surface area contributed by atoms with Gasteiger partial charge in [0, 0.05) is 44.0 Å². The molecule has 1 N–H and O–H groups in total. The number of aryl methyl sites for hydroxylation is 1. The Morgan fingerprint density at radius 1 is 1.30 bits per heavy atom. The van der Waals surface area contributed by atoms with Crippen molar-refractivity contribution in [3.63, 3.8) is 0 Å². The second-order valence-corrected chi connectivity index (χ2v) is 5.40. The summed E-state index contributed by atoms with van der Waals surface area (Å²) in [7, 11) is 4.55. The number of benzene rings is 1. The zero-order chi connectivity index (χ0) is 17.1. The summed E-state index contributed by atoms with van der Waals surface area (Å²) < 4.78 is 21.1. The van der Waals surface area contributed by atoms with E-state index in [0.717, 1.165) is 4.57 Å². The molecule has 2 aromatic rings. The van der Waals surface area contributed by atoms with E-state index in [9.17, 15) is 14.0 Å². The van der Waals surface area contributed by atoms with Crippen LogP contribution in [-0.4, -0.2) is 16.2 Å². The summed E-state index contributed by atoms with van der Waals surface area (Å²) in [4.78, 5) is 23.8. The van der Waals surface area contributed by atoms with Crippen LogP contribution < -0.4 is 21.3 Å². The van der Waals surface area contributed by atoms with E-state index in [1.165, 1.54) is 37.1 Å². The molecule has 1 aromatic heterocycles. The zero-order valence-electron chi connectivity index (χ0n) is 13.6. The number of hydrogen-bond acceptors (Lipinski definition) is 4. The van der Waals surface area contributed by atoms with Crippen LogP contribution in [0.1, 0.15) is 24.1 Å². The van der Waals surface area contributed by atoms with E-state index in [4.69, 9.17) is 4.74 Å². The maximum atomic E-state index is 13.4. The number of nitrogens with zero attached hydrogens (tertiary/aromatic N) is 2. The van der Waals surface area contributed by atoms with E-state index in [0.29, 0.717) is 16.9 Å². The number of methoxy groups -OCH3 is 1. The topological polar surface area (TPSA) is 65.3 Å². The minimum Gasteiger partial charge on any atom is -0.496 e. The normalized spacial score (nSPS) is 12.2. The first-order chi connectivity index (χ1) is 10.8. The molecule has 0 aliphatic carbocycles. The highest BCUT2D eigenvalue weighted by molar-refractivity contribution is 5.36. The first kappa shape index (κ1) is 17.0. The van der Waals surface area contributed by atoms with E-state index in [1.54, 1.807) is 13.1 Å². The van der Waals surface area contributed by atoms with Crippen LogP contribution in [0, 0.1) is 5.82 Å². The van der Waals surface area contributed by atoms with Gasteiger partial charge in [-0.25, -0.2) is 9.18 Å². The van der Waals surface area contributed by atoms with Crippen LogP contribution in [0.25, 0.3) is 0 Å². The molecule has 2 rings (SSSR count). The molecule has 1 heterocycles. The smallest absolute Gasteiger partial charge is 0.330 e. The molecule has 0 fully saturated rings. The van der Waals surface area contributed by atoms with Gasteiger partial charge in [-0.05, 0) is 25.1 Å². The van der Waals surface area contributed by atoms with Crippen molar-refractivity contribution in [1.82, 2.24) is 14.5 Å². The van der Waals surface area contributed by atoms with Crippen molar-refractivity contribution < 1.29 is 9.13 Å². The molecular formula is C16H20FN3O3. The Bertz CT molecular complexity index is 826. The zero-order valence-corrected chi connectivity index (χ0v) is 13.6. The van der Waals surface area contributed by atoms with Crippen molar-refractivity contribution in [2.45, 2.75) is 19.5 Å². The Hall–Kier alpha value is -2.41. The van der Waals surface area contributed by atoms with E-state index in [-0.39, 0.29) is 29.7 Å². The van der Waals surface area contributed by atoms with E-state index >= 15 is 0 Å². The largest absolute Gasteiger partial charge is 0.496 e. The molecule has 0 bridgehead atoms. The lowest BCUT2D eigenvalue weighted by Crippen LogP contribution is -2.39. The van der Waals surface area contributed by atoms with Crippen molar-refractivity contribution in [2.75, 3.05) is 7.11 Å². The fourth-order valence-corrected chi connectivity index (χ4v) is 2.42. The first-order valence-electron chi connectivity index (χ1n) is 7.17. The van der Waals surface area contributed by atoms with Gasteiger partial charge in [-0.2, -0.15) is 0 Å². The van der Waals surface area contributed by atoms with Gasteiger partial charge in [0.1, 0.15) is 11.6 Å². The SMILES string of the molecule is COc1ccc(F)cc1C(C)NCc1cn(C)c(=O)n(C)c1=O. The average Bonchev–Trinajstić information content (AvgIpc) is 2.54. The van der Waals surface area contributed by atoms with Crippen molar-refractivity contribution in [1.29, 1.82) is 0 Å². The lowest BCUT2D eigenvalue weighted by Gasteiger charge is -2.17. The van der Waals surface area contributed by atoms with Crippen LogP contribution in [0.5, 0.6) is 5.75 Å². The summed E-state index contributed by atoms with van der Waals surface area (Å²) in [6.45, 7) is 2.10. The van der Waals surface area contributed by atoms with E-state index in [2.05, 4.69) is 5.32 Å². The van der Waals surface area contributed by atoms with Gasteiger partial charge in [-0.1, -0.05) is 0 Å². The molecule has 6 nitrogen and oxygen atoms in total. The molecule has 0 saturated heterocycles. The Morgan fingerprint density at radius 3 is 2.65 bits per heavy atom. The lowest BCUT2D eigenvalue weighted by atomic mass is 10.1. The highest BCUT2D eigenvalue weighted by atomic mass is 19.1. The van der Waals surface area contributed by atoms with Gasteiger partial charge in [0.2, 0.25) is 0 Å². The predicted octanol–water partition coefficient (Wildman–Crippen LogP) is 1.08. The molecule has 7 heteroatoms. The Kier molecular flexibility index (Phi) is 5.00. The molecule has 0 spiro atoms. The summed E-state index contributed by atoms with van der Waals surface area (Å²) in [5.74, 6) is 0.215. The molecule has 0 aliphatic rings. The minimum absolute atomic E-state index is 0.234. The van der Waals surface area contributed by atoms with Crippen LogP contribution >= 0.6 is 0 Å². The molecule has 1 atom stereocenters. The van der Waals surface area contributed by atoms with Crippen molar-refractivity contribution in [2.24, 2.45) is 14.1 Å². The highest BCUT2D eigenvalue weighted by Gasteiger charge is 2.14. The fourth-order valence-electron chi connectivity index (χ4n) is 2.42. The van der Waals surface area contributed by atoms with Gasteiger partial charge in [0.05, 0.1) is 7.11 Å². The summed E-state index contributed by atoms with van der Waals surface area (Å²) in [5, 5.41) is 3.16. The Balaban J connectivity index is 2.23. The summed E-state index contributed by atoms with van der Waals surface area (Å²) in [6, 6.07) is 4.06. The summed E-state index contributed by atoms with van der Waals surface area (Å²) >= 11 is 0. The molecule has 1 aromatic carbocycles. The minimum atomic E-state index is -0.376. The molecule has 0 amide bonds. The quantitative estimate of drug-likeness (QED) is 0.895. The monoisotopic (exact) mass is 321 g/mol. The van der Waals surface area contributed by atoms with Gasteiger partial charge in [0.15, 0.2) is 0 Å². The maximum Gasteiger partial charge on any atom is 0.330 e. The van der Waals surface area contributed by atoms with Crippen LogP contribution in [0.4, 0.5) is 4.39 Å². The van der Waals surface area contributed by atoms with Gasteiger partial charge in [-0.3, -0.25) is 9.36 Å². The fraction of sp³-hybridized carbons (Fsp3) is 0.375. The standard InChI is InChI=1S/C16H20FN3O3/c1-10(13-7-12(17)5-6-14(13)23-4)18-8-11-9-19(2)16(22)20(3)15(11)21/h5-7,9-10,18H,8H2,1-4H3. The second kappa shape index (κ2) is 6.78.